The molecule has 1 atom stereocenters. The van der Waals surface area contributed by atoms with Crippen molar-refractivity contribution in [3.8, 4) is 0 Å². The van der Waals surface area contributed by atoms with E-state index in [-0.39, 0.29) is 12.1 Å². The number of hydrogen-bond donors (Lipinski definition) is 2. The van der Waals surface area contributed by atoms with Crippen LogP contribution in [0.5, 0.6) is 0 Å². The second-order valence-electron chi connectivity index (χ2n) is 2.16. The van der Waals surface area contributed by atoms with Crippen molar-refractivity contribution in [1.82, 2.24) is 10.6 Å². The average Bonchev–Trinajstić information content (AvgIpc) is 2.07. The summed E-state index contributed by atoms with van der Waals surface area (Å²) >= 11 is 0. The Balaban J connectivity index is 2.34. The fraction of sp³-hybridized carbons (Fsp3) is 0.571. The van der Waals surface area contributed by atoms with E-state index in [4.69, 9.17) is 4.74 Å². The van der Waals surface area contributed by atoms with Crippen molar-refractivity contribution in [3.05, 3.63) is 12.3 Å². The smallest absolute Gasteiger partial charge is 0.343 e. The highest BCUT2D eigenvalue weighted by Crippen LogP contribution is 1.89. The lowest BCUT2D eigenvalue weighted by molar-refractivity contribution is -0.146. The minimum atomic E-state index is -0.375. The lowest BCUT2D eigenvalue weighted by Crippen LogP contribution is -2.49. The van der Waals surface area contributed by atoms with E-state index in [0.717, 1.165) is 0 Å². The van der Waals surface area contributed by atoms with E-state index in [9.17, 15) is 4.79 Å². The van der Waals surface area contributed by atoms with E-state index in [0.29, 0.717) is 13.2 Å². The van der Waals surface area contributed by atoms with Crippen LogP contribution in [0.1, 0.15) is 6.92 Å². The molecule has 0 bridgehead atoms. The van der Waals surface area contributed by atoms with Crippen molar-refractivity contribution in [1.29, 1.82) is 0 Å². The normalized spacial score (nSPS) is 22.5. The summed E-state index contributed by atoms with van der Waals surface area (Å²) in [7, 11) is 0. The Morgan fingerprint density at radius 2 is 2.64 bits per heavy atom. The van der Waals surface area contributed by atoms with E-state index >= 15 is 0 Å². The molecule has 0 aliphatic carbocycles. The van der Waals surface area contributed by atoms with Crippen molar-refractivity contribution >= 4 is 5.97 Å². The summed E-state index contributed by atoms with van der Waals surface area (Å²) in [5, 5.41) is 5.77. The van der Waals surface area contributed by atoms with Crippen LogP contribution < -0.4 is 10.6 Å². The van der Waals surface area contributed by atoms with Crippen molar-refractivity contribution in [3.63, 3.8) is 0 Å². The minimum Gasteiger partial charge on any atom is -0.463 e. The third-order valence-electron chi connectivity index (χ3n) is 1.34. The summed E-state index contributed by atoms with van der Waals surface area (Å²) in [6, 6.07) is 0. The van der Waals surface area contributed by atoms with Gasteiger partial charge in [-0.25, -0.2) is 4.79 Å². The van der Waals surface area contributed by atoms with Crippen LogP contribution in [0, 0.1) is 0 Å². The van der Waals surface area contributed by atoms with E-state index in [1.165, 1.54) is 0 Å². The van der Waals surface area contributed by atoms with Gasteiger partial charge in [0.1, 0.15) is 0 Å². The zero-order chi connectivity index (χ0) is 8.10. The zero-order valence-electron chi connectivity index (χ0n) is 6.46. The van der Waals surface area contributed by atoms with Gasteiger partial charge in [-0.3, -0.25) is 5.32 Å². The van der Waals surface area contributed by atoms with E-state index < -0.39 is 0 Å². The highest BCUT2D eigenvalue weighted by Gasteiger charge is 2.17. The molecule has 0 radical (unpaired) electrons. The van der Waals surface area contributed by atoms with E-state index in [1.54, 1.807) is 13.1 Å². The van der Waals surface area contributed by atoms with Crippen LogP contribution in [-0.2, 0) is 9.53 Å². The first-order valence-electron chi connectivity index (χ1n) is 3.65. The monoisotopic (exact) mass is 156 g/mol. The van der Waals surface area contributed by atoms with Crippen molar-refractivity contribution < 1.29 is 9.53 Å². The molecule has 4 nitrogen and oxygen atoms in total. The van der Waals surface area contributed by atoms with E-state index in [1.807, 2.05) is 6.08 Å². The summed E-state index contributed by atoms with van der Waals surface area (Å²) in [5.74, 6) is -0.253. The largest absolute Gasteiger partial charge is 0.463 e. The first-order chi connectivity index (χ1) is 5.34. The maximum atomic E-state index is 11.0. The molecule has 0 aromatic rings. The molecule has 0 saturated carbocycles. The van der Waals surface area contributed by atoms with Crippen molar-refractivity contribution in [2.75, 3.05) is 13.2 Å². The number of nitrogens with one attached hydrogen (secondary N) is 2. The van der Waals surface area contributed by atoms with Gasteiger partial charge in [-0.15, -0.1) is 0 Å². The average molecular weight is 156 g/mol. The molecule has 0 aromatic heterocycles. The molecule has 62 valence electrons. The maximum absolute atomic E-state index is 11.0. The SMILES string of the molecule is CCOC(=O)C1NC=CCN1. The van der Waals surface area contributed by atoms with E-state index in [2.05, 4.69) is 10.6 Å². The molecule has 1 aliphatic heterocycles. The second kappa shape index (κ2) is 3.98. The van der Waals surface area contributed by atoms with Gasteiger partial charge in [0.2, 0.25) is 0 Å². The topological polar surface area (TPSA) is 50.4 Å². The first-order valence-corrected chi connectivity index (χ1v) is 3.65. The summed E-state index contributed by atoms with van der Waals surface area (Å²) < 4.78 is 4.78. The van der Waals surface area contributed by atoms with Crippen LogP contribution in [-0.4, -0.2) is 25.3 Å². The first kappa shape index (κ1) is 8.07. The van der Waals surface area contributed by atoms with Crippen LogP contribution in [0.25, 0.3) is 0 Å². The fourth-order valence-electron chi connectivity index (χ4n) is 0.845. The quantitative estimate of drug-likeness (QED) is 0.533. The fourth-order valence-corrected chi connectivity index (χ4v) is 0.845. The van der Waals surface area contributed by atoms with Crippen LogP contribution >= 0.6 is 0 Å². The van der Waals surface area contributed by atoms with Gasteiger partial charge in [0.25, 0.3) is 0 Å². The van der Waals surface area contributed by atoms with Gasteiger partial charge >= 0.3 is 5.97 Å². The molecule has 1 unspecified atom stereocenters. The third kappa shape index (κ3) is 2.23. The molecule has 0 aromatic carbocycles. The van der Waals surface area contributed by atoms with Gasteiger partial charge in [0.15, 0.2) is 6.17 Å². The van der Waals surface area contributed by atoms with Gasteiger partial charge in [0.05, 0.1) is 6.61 Å². The molecule has 4 heteroatoms. The van der Waals surface area contributed by atoms with Crippen molar-refractivity contribution in [2.45, 2.75) is 13.1 Å². The Kier molecular flexibility index (Phi) is 2.92. The maximum Gasteiger partial charge on any atom is 0.343 e. The molecule has 11 heavy (non-hydrogen) atoms. The second-order valence-corrected chi connectivity index (χ2v) is 2.16. The highest BCUT2D eigenvalue weighted by molar-refractivity contribution is 5.75. The minimum absolute atomic E-state index is 0.253. The molecule has 0 fully saturated rings. The lowest BCUT2D eigenvalue weighted by atomic mass is 10.4. The highest BCUT2D eigenvalue weighted by atomic mass is 16.5. The number of rotatable bonds is 2. The molecule has 1 aliphatic rings. The molecule has 1 rings (SSSR count). The zero-order valence-corrected chi connectivity index (χ0v) is 6.46. The predicted octanol–water partition coefficient (Wildman–Crippen LogP) is -0.418. The lowest BCUT2D eigenvalue weighted by Gasteiger charge is -2.19. The Morgan fingerprint density at radius 1 is 1.82 bits per heavy atom. The van der Waals surface area contributed by atoms with Crippen LogP contribution in [0.4, 0.5) is 0 Å². The summed E-state index contributed by atoms with van der Waals surface area (Å²) in [6.07, 6.45) is 3.27. The van der Waals surface area contributed by atoms with Crippen LogP contribution in [0.3, 0.4) is 0 Å². The predicted molar refractivity (Wildman–Crippen MR) is 40.7 cm³/mol. The molecular formula is C7H12N2O2. The Bertz CT molecular complexity index is 168. The molecular weight excluding hydrogens is 144 g/mol. The molecule has 0 saturated heterocycles. The van der Waals surface area contributed by atoms with Gasteiger partial charge in [-0.05, 0) is 13.1 Å². The standard InChI is InChI=1S/C7H12N2O2/c1-2-11-7(10)6-8-4-3-5-9-6/h3-4,6,8-9H,2,5H2,1H3. The Morgan fingerprint density at radius 3 is 3.18 bits per heavy atom. The molecule has 1 heterocycles. The van der Waals surface area contributed by atoms with Crippen LogP contribution in [0.15, 0.2) is 12.3 Å². The van der Waals surface area contributed by atoms with Crippen LogP contribution in [0.2, 0.25) is 0 Å². The van der Waals surface area contributed by atoms with Crippen molar-refractivity contribution in [2.24, 2.45) is 0 Å². The number of ether oxygens (including phenoxy) is 1. The summed E-state index contributed by atoms with van der Waals surface area (Å²) in [4.78, 5) is 11.0. The Hall–Kier alpha value is -1.03. The van der Waals surface area contributed by atoms with Gasteiger partial charge in [-0.2, -0.15) is 0 Å². The van der Waals surface area contributed by atoms with Gasteiger partial charge < -0.3 is 10.1 Å². The van der Waals surface area contributed by atoms with Gasteiger partial charge in [-0.1, -0.05) is 6.08 Å². The number of carbonyl (C=O) groups excluding carboxylic acids is 1. The number of esters is 1. The summed E-state index contributed by atoms with van der Waals surface area (Å²) in [5.41, 5.74) is 0. The van der Waals surface area contributed by atoms with Gasteiger partial charge in [0, 0.05) is 6.54 Å². The number of carbonyl (C=O) groups is 1. The molecule has 2 N–H and O–H groups in total. The molecule has 0 amide bonds. The Labute approximate surface area is 65.6 Å². The third-order valence-corrected chi connectivity index (χ3v) is 1.34. The summed E-state index contributed by atoms with van der Waals surface area (Å²) in [6.45, 7) is 2.91. The molecule has 0 spiro atoms. The number of hydrogen-bond acceptors (Lipinski definition) is 4.